The molecule has 0 amide bonds. The van der Waals surface area contributed by atoms with Crippen LogP contribution < -0.4 is 16.6 Å². The van der Waals surface area contributed by atoms with Crippen LogP contribution in [0, 0.1) is 0 Å². The van der Waals surface area contributed by atoms with Crippen LogP contribution in [0.3, 0.4) is 0 Å². The third-order valence-corrected chi connectivity index (χ3v) is 2.79. The van der Waals surface area contributed by atoms with Gasteiger partial charge in [-0.3, -0.25) is 0 Å². The maximum atomic E-state index is 12.7. The van der Waals surface area contributed by atoms with Crippen LogP contribution >= 0.6 is 0 Å². The van der Waals surface area contributed by atoms with Gasteiger partial charge in [0.25, 0.3) is 0 Å². The molecule has 1 atom stereocenters. The van der Waals surface area contributed by atoms with E-state index < -0.39 is 12.0 Å². The van der Waals surface area contributed by atoms with E-state index in [1.807, 2.05) is 37.3 Å². The van der Waals surface area contributed by atoms with E-state index in [1.165, 1.54) is 6.07 Å². The molecule has 0 aliphatic heterocycles. The van der Waals surface area contributed by atoms with Crippen molar-refractivity contribution in [1.82, 2.24) is 9.97 Å². The Balaban J connectivity index is 2.27. The Morgan fingerprint density at radius 2 is 1.71 bits per heavy atom. The van der Waals surface area contributed by atoms with Gasteiger partial charge in [-0.05, 0) is 12.5 Å². The summed E-state index contributed by atoms with van der Waals surface area (Å²) in [4.78, 5) is 6.77. The average molecular weight is 297 g/mol. The summed E-state index contributed by atoms with van der Waals surface area (Å²) < 4.78 is 38.2. The normalized spacial score (nSPS) is 12.8. The Hall–Kier alpha value is -2.35. The number of rotatable bonds is 4. The monoisotopic (exact) mass is 297 g/mol. The van der Waals surface area contributed by atoms with Gasteiger partial charge < -0.3 is 10.7 Å². The Labute approximate surface area is 119 Å². The van der Waals surface area contributed by atoms with Crippen molar-refractivity contribution < 1.29 is 13.2 Å². The van der Waals surface area contributed by atoms with Crippen molar-refractivity contribution in [2.24, 2.45) is 5.84 Å². The van der Waals surface area contributed by atoms with Crippen LogP contribution in [0.2, 0.25) is 0 Å². The van der Waals surface area contributed by atoms with Crippen LogP contribution in [0.1, 0.15) is 24.4 Å². The van der Waals surface area contributed by atoms with Crippen LogP contribution in [0.5, 0.6) is 0 Å². The highest BCUT2D eigenvalue weighted by Gasteiger charge is 2.35. The molecule has 0 aliphatic rings. The van der Waals surface area contributed by atoms with E-state index in [1.54, 1.807) is 0 Å². The molecule has 0 fully saturated rings. The van der Waals surface area contributed by atoms with Gasteiger partial charge in [0.2, 0.25) is 5.82 Å². The number of nitrogens with one attached hydrogen (secondary N) is 2. The van der Waals surface area contributed by atoms with Gasteiger partial charge in [-0.25, -0.2) is 15.8 Å². The summed E-state index contributed by atoms with van der Waals surface area (Å²) in [6, 6.07) is 10.4. The lowest BCUT2D eigenvalue weighted by Crippen LogP contribution is -2.18. The Morgan fingerprint density at radius 3 is 2.29 bits per heavy atom. The molecule has 0 aliphatic carbocycles. The molecule has 5 nitrogen and oxygen atoms in total. The molecule has 8 heteroatoms. The fourth-order valence-electron chi connectivity index (χ4n) is 1.77. The Kier molecular flexibility index (Phi) is 4.27. The second kappa shape index (κ2) is 5.96. The molecule has 1 aromatic heterocycles. The van der Waals surface area contributed by atoms with Crippen molar-refractivity contribution in [3.8, 4) is 0 Å². The highest BCUT2D eigenvalue weighted by Crippen LogP contribution is 2.29. The first-order valence-electron chi connectivity index (χ1n) is 6.14. The number of nitrogens with two attached hydrogens (primary N) is 1. The molecule has 112 valence electrons. The molecular weight excluding hydrogens is 283 g/mol. The van der Waals surface area contributed by atoms with Crippen LogP contribution in [-0.2, 0) is 6.18 Å². The fourth-order valence-corrected chi connectivity index (χ4v) is 1.77. The van der Waals surface area contributed by atoms with Crippen molar-refractivity contribution in [2.75, 3.05) is 10.7 Å². The number of hydrogen-bond donors (Lipinski definition) is 3. The molecule has 21 heavy (non-hydrogen) atoms. The van der Waals surface area contributed by atoms with Gasteiger partial charge in [-0.2, -0.15) is 13.2 Å². The van der Waals surface area contributed by atoms with Gasteiger partial charge in [-0.1, -0.05) is 30.3 Å². The van der Waals surface area contributed by atoms with E-state index >= 15 is 0 Å². The highest BCUT2D eigenvalue weighted by molar-refractivity contribution is 5.48. The summed E-state index contributed by atoms with van der Waals surface area (Å²) >= 11 is 0. The molecule has 2 rings (SSSR count). The smallest absolute Gasteiger partial charge is 0.363 e. The van der Waals surface area contributed by atoms with Crippen molar-refractivity contribution >= 4 is 11.6 Å². The summed E-state index contributed by atoms with van der Waals surface area (Å²) in [5.74, 6) is 3.82. The summed E-state index contributed by atoms with van der Waals surface area (Å²) in [5.41, 5.74) is 3.02. The van der Waals surface area contributed by atoms with Crippen molar-refractivity contribution in [1.29, 1.82) is 0 Å². The number of hydrogen-bond acceptors (Lipinski definition) is 5. The van der Waals surface area contributed by atoms with Gasteiger partial charge in [0.1, 0.15) is 11.6 Å². The van der Waals surface area contributed by atoms with E-state index in [0.717, 1.165) is 5.56 Å². The van der Waals surface area contributed by atoms with E-state index in [0.29, 0.717) is 0 Å². The van der Waals surface area contributed by atoms with E-state index in [2.05, 4.69) is 20.7 Å². The minimum Gasteiger partial charge on any atom is -0.363 e. The maximum Gasteiger partial charge on any atom is 0.451 e. The minimum atomic E-state index is -4.64. The number of hydrazine groups is 1. The first kappa shape index (κ1) is 15.0. The lowest BCUT2D eigenvalue weighted by molar-refractivity contribution is -0.144. The topological polar surface area (TPSA) is 75.9 Å². The summed E-state index contributed by atoms with van der Waals surface area (Å²) in [7, 11) is 0. The number of nitrogen functional groups attached to an aromatic ring is 1. The number of benzene rings is 1. The zero-order valence-corrected chi connectivity index (χ0v) is 11.1. The molecule has 4 N–H and O–H groups in total. The Morgan fingerprint density at radius 1 is 1.10 bits per heavy atom. The summed E-state index contributed by atoms with van der Waals surface area (Å²) in [6.07, 6.45) is -4.64. The molecule has 2 aromatic rings. The van der Waals surface area contributed by atoms with Crippen molar-refractivity contribution in [3.63, 3.8) is 0 Å². The Bertz CT molecular complexity index is 601. The lowest BCUT2D eigenvalue weighted by atomic mass is 10.1. The third-order valence-electron chi connectivity index (χ3n) is 2.79. The van der Waals surface area contributed by atoms with Gasteiger partial charge in [-0.15, -0.1) is 0 Å². The average Bonchev–Trinajstić information content (AvgIpc) is 2.46. The van der Waals surface area contributed by atoms with E-state index in [9.17, 15) is 13.2 Å². The number of nitrogens with zero attached hydrogens (tertiary/aromatic N) is 2. The summed E-state index contributed by atoms with van der Waals surface area (Å²) in [5, 5.41) is 2.90. The van der Waals surface area contributed by atoms with Crippen LogP contribution in [-0.4, -0.2) is 9.97 Å². The van der Waals surface area contributed by atoms with Crippen LogP contribution in [0.4, 0.5) is 24.8 Å². The maximum absolute atomic E-state index is 12.7. The van der Waals surface area contributed by atoms with Crippen molar-refractivity contribution in [2.45, 2.75) is 19.1 Å². The molecule has 1 aromatic carbocycles. The molecule has 0 saturated heterocycles. The lowest BCUT2D eigenvalue weighted by Gasteiger charge is -2.16. The molecule has 0 spiro atoms. The van der Waals surface area contributed by atoms with Gasteiger partial charge in [0.15, 0.2) is 0 Å². The molecule has 0 bridgehead atoms. The van der Waals surface area contributed by atoms with Crippen LogP contribution in [0.15, 0.2) is 36.4 Å². The molecule has 1 heterocycles. The second-order valence-electron chi connectivity index (χ2n) is 4.38. The van der Waals surface area contributed by atoms with E-state index in [4.69, 9.17) is 5.84 Å². The largest absolute Gasteiger partial charge is 0.451 e. The van der Waals surface area contributed by atoms with Crippen LogP contribution in [0.25, 0.3) is 0 Å². The molecular formula is C13H14F3N5. The number of aromatic nitrogens is 2. The highest BCUT2D eigenvalue weighted by atomic mass is 19.4. The predicted octanol–water partition coefficient (Wildman–Crippen LogP) is 2.95. The van der Waals surface area contributed by atoms with Gasteiger partial charge >= 0.3 is 6.18 Å². The first-order valence-corrected chi connectivity index (χ1v) is 6.14. The standard InChI is InChI=1S/C13H14F3N5/c1-8(9-5-3-2-4-6-9)18-10-7-11(21-17)20-12(19-10)13(14,15)16/h2-8H,17H2,1H3,(H2,18,19,20,21). The van der Waals surface area contributed by atoms with Gasteiger partial charge in [0.05, 0.1) is 0 Å². The van der Waals surface area contributed by atoms with Gasteiger partial charge in [0, 0.05) is 12.1 Å². The third kappa shape index (κ3) is 3.82. The second-order valence-corrected chi connectivity index (χ2v) is 4.38. The zero-order chi connectivity index (χ0) is 15.5. The quantitative estimate of drug-likeness (QED) is 0.597. The molecule has 0 saturated carbocycles. The van der Waals surface area contributed by atoms with Crippen molar-refractivity contribution in [3.05, 3.63) is 47.8 Å². The number of halogens is 3. The SMILES string of the molecule is CC(Nc1cc(NN)nc(C(F)(F)F)n1)c1ccccc1. The predicted molar refractivity (Wildman–Crippen MR) is 73.3 cm³/mol. The molecule has 0 radical (unpaired) electrons. The number of alkyl halides is 3. The van der Waals surface area contributed by atoms with E-state index in [-0.39, 0.29) is 17.7 Å². The fraction of sp³-hybridized carbons (Fsp3) is 0.231. The summed E-state index contributed by atoms with van der Waals surface area (Å²) in [6.45, 7) is 1.82. The number of anilines is 2. The first-order chi connectivity index (χ1) is 9.90. The molecule has 1 unspecified atom stereocenters. The zero-order valence-electron chi connectivity index (χ0n) is 11.1. The minimum absolute atomic E-state index is 0.0432.